The summed E-state index contributed by atoms with van der Waals surface area (Å²) in [6.45, 7) is 0. The van der Waals surface area contributed by atoms with Crippen molar-refractivity contribution >= 4 is 33.3 Å². The second-order valence-corrected chi connectivity index (χ2v) is 5.43. The molecule has 12 heteroatoms. The molecule has 0 aliphatic heterocycles. The van der Waals surface area contributed by atoms with Crippen LogP contribution < -0.4 is 34.3 Å². The monoisotopic (exact) mass is 364 g/mol. The Labute approximate surface area is 143 Å². The first-order valence-electron chi connectivity index (χ1n) is 4.23. The summed E-state index contributed by atoms with van der Waals surface area (Å²) in [5.41, 5.74) is 0. The first-order valence-corrected chi connectivity index (χ1v) is 6.40. The SMILES string of the molecule is O=S(=O)([O-])C(F)(F)C(F)(F)Oc1cc(Cl)ccc1Cl.[Na+]. The molecule has 1 aromatic rings. The van der Waals surface area contributed by atoms with Gasteiger partial charge in [-0.05, 0) is 12.1 Å². The minimum absolute atomic E-state index is 0. The molecule has 0 aliphatic rings. The topological polar surface area (TPSA) is 66.4 Å². The van der Waals surface area contributed by atoms with Gasteiger partial charge in [-0.2, -0.15) is 17.6 Å². The maximum Gasteiger partial charge on any atom is 1.00 e. The third-order valence-electron chi connectivity index (χ3n) is 1.78. The van der Waals surface area contributed by atoms with Crippen LogP contribution in [0.2, 0.25) is 10.0 Å². The minimum atomic E-state index is -6.64. The molecule has 0 bridgehead atoms. The Hall–Kier alpha value is 0.230. The van der Waals surface area contributed by atoms with E-state index in [1.807, 2.05) is 0 Å². The maximum absolute atomic E-state index is 13.0. The van der Waals surface area contributed by atoms with E-state index in [2.05, 4.69) is 4.74 Å². The van der Waals surface area contributed by atoms with Crippen LogP contribution in [0.3, 0.4) is 0 Å². The molecule has 0 atom stereocenters. The molecule has 0 saturated carbocycles. The molecular formula is C8H3Cl2F4NaO4S. The summed E-state index contributed by atoms with van der Waals surface area (Å²) in [6.07, 6.45) is -5.61. The fourth-order valence-corrected chi connectivity index (χ4v) is 1.55. The van der Waals surface area contributed by atoms with Gasteiger partial charge in [0.05, 0.1) is 5.02 Å². The Balaban J connectivity index is 0.00000361. The smallest absolute Gasteiger partial charge is 0.743 e. The molecule has 0 fully saturated rings. The number of hydrogen-bond donors (Lipinski definition) is 0. The third kappa shape index (κ3) is 4.12. The Bertz CT molecular complexity index is 596. The number of ether oxygens (including phenoxy) is 1. The van der Waals surface area contributed by atoms with E-state index in [0.717, 1.165) is 12.1 Å². The second kappa shape index (κ2) is 6.55. The van der Waals surface area contributed by atoms with Gasteiger partial charge >= 0.3 is 40.9 Å². The van der Waals surface area contributed by atoms with Crippen molar-refractivity contribution in [2.75, 3.05) is 0 Å². The molecule has 0 aromatic heterocycles. The van der Waals surface area contributed by atoms with Crippen LogP contribution in [0.25, 0.3) is 0 Å². The first kappa shape index (κ1) is 20.2. The van der Waals surface area contributed by atoms with Crippen molar-refractivity contribution in [3.05, 3.63) is 28.2 Å². The fourth-order valence-electron chi connectivity index (χ4n) is 0.898. The molecule has 108 valence electrons. The van der Waals surface area contributed by atoms with Gasteiger partial charge in [-0.3, -0.25) is 0 Å². The van der Waals surface area contributed by atoms with Gasteiger partial charge < -0.3 is 9.29 Å². The molecule has 1 rings (SSSR count). The van der Waals surface area contributed by atoms with Crippen molar-refractivity contribution in [1.29, 1.82) is 0 Å². The van der Waals surface area contributed by atoms with E-state index in [9.17, 15) is 30.5 Å². The Morgan fingerprint density at radius 2 is 1.65 bits per heavy atom. The molecule has 0 amide bonds. The van der Waals surface area contributed by atoms with Crippen LogP contribution in [-0.4, -0.2) is 24.3 Å². The van der Waals surface area contributed by atoms with Crippen molar-refractivity contribution < 1.29 is 64.8 Å². The summed E-state index contributed by atoms with van der Waals surface area (Å²) in [4.78, 5) is 0. The van der Waals surface area contributed by atoms with Crippen molar-refractivity contribution in [2.24, 2.45) is 0 Å². The van der Waals surface area contributed by atoms with E-state index in [-0.39, 0.29) is 34.6 Å². The van der Waals surface area contributed by atoms with E-state index in [1.165, 1.54) is 0 Å². The summed E-state index contributed by atoms with van der Waals surface area (Å²) >= 11 is 10.8. The molecule has 4 nitrogen and oxygen atoms in total. The van der Waals surface area contributed by atoms with Gasteiger partial charge in [0.2, 0.25) is 0 Å². The van der Waals surface area contributed by atoms with Crippen molar-refractivity contribution in [2.45, 2.75) is 11.4 Å². The Morgan fingerprint density at radius 1 is 1.15 bits per heavy atom. The summed E-state index contributed by atoms with van der Waals surface area (Å²) in [6, 6.07) is 2.77. The molecule has 0 saturated heterocycles. The molecule has 0 heterocycles. The molecular weight excluding hydrogens is 362 g/mol. The predicted octanol–water partition coefficient (Wildman–Crippen LogP) is 0.107. The fraction of sp³-hybridized carbons (Fsp3) is 0.250. The van der Waals surface area contributed by atoms with Crippen molar-refractivity contribution in [3.8, 4) is 5.75 Å². The van der Waals surface area contributed by atoms with Crippen LogP contribution in [-0.2, 0) is 10.1 Å². The van der Waals surface area contributed by atoms with E-state index >= 15 is 0 Å². The normalized spacial score (nSPS) is 12.8. The van der Waals surface area contributed by atoms with Gasteiger partial charge in [0.1, 0.15) is 5.75 Å². The number of benzene rings is 1. The molecule has 0 radical (unpaired) electrons. The average molecular weight is 365 g/mol. The van der Waals surface area contributed by atoms with Crippen LogP contribution in [0.15, 0.2) is 18.2 Å². The van der Waals surface area contributed by atoms with E-state index in [4.69, 9.17) is 23.2 Å². The number of rotatable bonds is 4. The van der Waals surface area contributed by atoms with Crippen LogP contribution in [0, 0.1) is 0 Å². The standard InChI is InChI=1S/C8H4Cl2F4O4S.Na/c9-4-1-2-5(10)6(3-4)18-7(11,12)8(13,14)19(15,16)17;/h1-3H,(H,15,16,17);/q;+1/p-1. The quantitative estimate of drug-likeness (QED) is 0.432. The van der Waals surface area contributed by atoms with E-state index < -0.39 is 32.3 Å². The average Bonchev–Trinajstić information content (AvgIpc) is 2.21. The van der Waals surface area contributed by atoms with Crippen molar-refractivity contribution in [1.82, 2.24) is 0 Å². The van der Waals surface area contributed by atoms with E-state index in [0.29, 0.717) is 6.07 Å². The van der Waals surface area contributed by atoms with Crippen LogP contribution in [0.1, 0.15) is 0 Å². The van der Waals surface area contributed by atoms with Gasteiger partial charge in [-0.25, -0.2) is 8.42 Å². The molecule has 0 unspecified atom stereocenters. The maximum atomic E-state index is 13.0. The molecule has 20 heavy (non-hydrogen) atoms. The Morgan fingerprint density at radius 3 is 2.10 bits per heavy atom. The second-order valence-electron chi connectivity index (χ2n) is 3.16. The molecule has 0 aliphatic carbocycles. The van der Waals surface area contributed by atoms with Crippen molar-refractivity contribution in [3.63, 3.8) is 0 Å². The third-order valence-corrected chi connectivity index (χ3v) is 3.20. The summed E-state index contributed by atoms with van der Waals surface area (Å²) < 4.78 is 85.5. The van der Waals surface area contributed by atoms with Gasteiger partial charge in [0.15, 0.2) is 10.1 Å². The summed E-state index contributed by atoms with van der Waals surface area (Å²) in [5.74, 6) is -0.998. The molecule has 0 spiro atoms. The summed E-state index contributed by atoms with van der Waals surface area (Å²) in [5, 5.41) is -6.67. The van der Waals surface area contributed by atoms with E-state index in [1.54, 1.807) is 0 Å². The minimum Gasteiger partial charge on any atom is -0.743 e. The summed E-state index contributed by atoms with van der Waals surface area (Å²) in [7, 11) is -6.64. The number of halogens is 6. The molecule has 0 N–H and O–H groups in total. The number of alkyl halides is 4. The van der Waals surface area contributed by atoms with Gasteiger partial charge in [0.25, 0.3) is 0 Å². The largest absolute Gasteiger partial charge is 1.00 e. The Kier molecular flexibility index (Phi) is 6.63. The van der Waals surface area contributed by atoms with Gasteiger partial charge in [-0.1, -0.05) is 23.2 Å². The zero-order valence-corrected chi connectivity index (χ0v) is 13.9. The van der Waals surface area contributed by atoms with Gasteiger partial charge in [-0.15, -0.1) is 0 Å². The zero-order chi connectivity index (χ0) is 15.1. The van der Waals surface area contributed by atoms with Gasteiger partial charge in [0, 0.05) is 11.1 Å². The predicted molar refractivity (Wildman–Crippen MR) is 56.7 cm³/mol. The molecule has 1 aromatic carbocycles. The zero-order valence-electron chi connectivity index (χ0n) is 9.54. The van der Waals surface area contributed by atoms with Crippen LogP contribution in [0.4, 0.5) is 17.6 Å². The number of hydrogen-bond acceptors (Lipinski definition) is 4. The first-order chi connectivity index (χ1) is 8.38. The van der Waals surface area contributed by atoms with Crippen LogP contribution in [0.5, 0.6) is 5.75 Å². The van der Waals surface area contributed by atoms with Crippen LogP contribution >= 0.6 is 23.2 Å².